The molecule has 0 unspecified atom stereocenters. The summed E-state index contributed by atoms with van der Waals surface area (Å²) >= 11 is 0. The fourth-order valence-corrected chi connectivity index (χ4v) is 3.92. The maximum absolute atomic E-state index is 13.9. The van der Waals surface area contributed by atoms with Crippen molar-refractivity contribution in [1.82, 2.24) is 9.80 Å². The Bertz CT molecular complexity index is 859. The van der Waals surface area contributed by atoms with Crippen LogP contribution >= 0.6 is 0 Å². The lowest BCUT2D eigenvalue weighted by atomic mass is 10.1. The normalized spacial score (nSPS) is 21.7. The highest BCUT2D eigenvalue weighted by Crippen LogP contribution is 2.28. The molecule has 0 spiro atoms. The van der Waals surface area contributed by atoms with Gasteiger partial charge < -0.3 is 9.47 Å². The van der Waals surface area contributed by atoms with Crippen LogP contribution in [-0.2, 0) is 17.7 Å². The molecule has 0 radical (unpaired) electrons. The van der Waals surface area contributed by atoms with Crippen LogP contribution in [0.15, 0.2) is 42.5 Å². The Balaban J connectivity index is 1.38. The third-order valence-electron chi connectivity index (χ3n) is 5.43. The van der Waals surface area contributed by atoms with Crippen molar-refractivity contribution in [2.75, 3.05) is 26.7 Å². The van der Waals surface area contributed by atoms with E-state index in [1.807, 2.05) is 29.2 Å². The number of rotatable bonds is 6. The number of benzene rings is 2. The summed E-state index contributed by atoms with van der Waals surface area (Å²) in [5, 5.41) is 0. The van der Waals surface area contributed by atoms with Crippen LogP contribution in [-0.4, -0.2) is 54.8 Å². The molecule has 0 N–H and O–H groups in total. The number of carbonyl (C=O) groups excluding carboxylic acids is 1. The molecule has 0 saturated carbocycles. The highest BCUT2D eigenvalue weighted by molar-refractivity contribution is 5.71. The minimum Gasteiger partial charge on any atom is -0.497 e. The van der Waals surface area contributed by atoms with E-state index in [0.29, 0.717) is 38.2 Å². The number of carbonyl (C=O) groups is 1. The van der Waals surface area contributed by atoms with Gasteiger partial charge in [0, 0.05) is 31.7 Å². The number of fused-ring (bicyclic) bond motifs is 1. The zero-order chi connectivity index (χ0) is 19.7. The van der Waals surface area contributed by atoms with Gasteiger partial charge in [0.1, 0.15) is 11.9 Å². The average molecular weight is 388 g/mol. The second-order valence-electron chi connectivity index (χ2n) is 7.19. The molecule has 2 atom stereocenters. The summed E-state index contributed by atoms with van der Waals surface area (Å²) in [6, 6.07) is 11.9. The molecule has 2 fully saturated rings. The zero-order valence-electron chi connectivity index (χ0n) is 15.6. The van der Waals surface area contributed by atoms with Gasteiger partial charge in [0.05, 0.1) is 13.2 Å². The van der Waals surface area contributed by atoms with Crippen LogP contribution in [0.5, 0.6) is 5.75 Å². The average Bonchev–Trinajstić information content (AvgIpc) is 3.20. The molecule has 0 aromatic heterocycles. The fraction of sp³-hybridized carbons (Fsp3) is 0.381. The minimum absolute atomic E-state index is 0.0673. The predicted octanol–water partition coefficient (Wildman–Crippen LogP) is 3.22. The van der Waals surface area contributed by atoms with Crippen molar-refractivity contribution in [2.24, 2.45) is 0 Å². The highest BCUT2D eigenvalue weighted by atomic mass is 19.2. The van der Waals surface area contributed by atoms with E-state index in [2.05, 4.69) is 0 Å². The van der Waals surface area contributed by atoms with Gasteiger partial charge in [-0.1, -0.05) is 24.3 Å². The van der Waals surface area contributed by atoms with E-state index < -0.39 is 11.6 Å². The molecule has 2 saturated heterocycles. The summed E-state index contributed by atoms with van der Waals surface area (Å²) in [4.78, 5) is 16.0. The van der Waals surface area contributed by atoms with Gasteiger partial charge in [0.25, 0.3) is 0 Å². The largest absolute Gasteiger partial charge is 0.497 e. The standard InChI is InChI=1S/C21H22F2N2O3/c1-27-16-7-5-14(6-8-16)9-10-25-18-12-24(13-19(18)28-21(25)26)11-15-3-2-4-17(22)20(15)23/h2-8,18-19H,9-13H2,1H3/t18-,19+/m0/s1. The molecular formula is C21H22F2N2O3. The molecule has 28 heavy (non-hydrogen) atoms. The molecule has 2 heterocycles. The Morgan fingerprint density at radius 2 is 1.93 bits per heavy atom. The lowest BCUT2D eigenvalue weighted by Gasteiger charge is -2.22. The zero-order valence-corrected chi connectivity index (χ0v) is 15.6. The van der Waals surface area contributed by atoms with E-state index in [0.717, 1.165) is 17.4 Å². The highest BCUT2D eigenvalue weighted by Gasteiger charge is 2.47. The summed E-state index contributed by atoms with van der Waals surface area (Å²) in [5.74, 6) is -0.863. The molecule has 5 nitrogen and oxygen atoms in total. The first-order valence-electron chi connectivity index (χ1n) is 9.30. The van der Waals surface area contributed by atoms with Crippen LogP contribution < -0.4 is 4.74 Å². The Hall–Kier alpha value is -2.67. The third-order valence-corrected chi connectivity index (χ3v) is 5.43. The van der Waals surface area contributed by atoms with Gasteiger partial charge in [0.15, 0.2) is 11.6 Å². The van der Waals surface area contributed by atoms with Gasteiger partial charge in [-0.25, -0.2) is 13.6 Å². The topological polar surface area (TPSA) is 42.0 Å². The Morgan fingerprint density at radius 3 is 2.68 bits per heavy atom. The summed E-state index contributed by atoms with van der Waals surface area (Å²) in [6.45, 7) is 1.94. The molecule has 2 aromatic rings. The Kier molecular flexibility index (Phi) is 5.17. The SMILES string of the molecule is COc1ccc(CCN2C(=O)O[C@@H]3CN(Cc4cccc(F)c4F)C[C@@H]32)cc1. The second kappa shape index (κ2) is 7.75. The summed E-state index contributed by atoms with van der Waals surface area (Å²) in [6.07, 6.45) is 0.168. The van der Waals surface area contributed by atoms with Crippen LogP contribution in [0.3, 0.4) is 0 Å². The number of methoxy groups -OCH3 is 1. The van der Waals surface area contributed by atoms with E-state index in [9.17, 15) is 13.6 Å². The molecule has 1 amide bonds. The molecule has 148 valence electrons. The summed E-state index contributed by atoms with van der Waals surface area (Å²) in [7, 11) is 1.62. The van der Waals surface area contributed by atoms with Crippen molar-refractivity contribution in [2.45, 2.75) is 25.1 Å². The maximum atomic E-state index is 13.9. The Morgan fingerprint density at radius 1 is 1.14 bits per heavy atom. The van der Waals surface area contributed by atoms with E-state index >= 15 is 0 Å². The molecule has 0 bridgehead atoms. The number of amides is 1. The van der Waals surface area contributed by atoms with Gasteiger partial charge >= 0.3 is 6.09 Å². The van der Waals surface area contributed by atoms with Gasteiger partial charge in [-0.2, -0.15) is 0 Å². The molecule has 4 rings (SSSR count). The third kappa shape index (κ3) is 3.67. The van der Waals surface area contributed by atoms with Crippen LogP contribution in [0.4, 0.5) is 13.6 Å². The molecule has 0 aliphatic carbocycles. The maximum Gasteiger partial charge on any atom is 0.410 e. The van der Waals surface area contributed by atoms with Gasteiger partial charge in [-0.3, -0.25) is 9.80 Å². The number of likely N-dealkylation sites (tertiary alicyclic amines) is 1. The molecule has 7 heteroatoms. The first kappa shape index (κ1) is 18.7. The molecule has 2 aliphatic rings. The fourth-order valence-electron chi connectivity index (χ4n) is 3.92. The van der Waals surface area contributed by atoms with Gasteiger partial charge in [0.2, 0.25) is 0 Å². The monoisotopic (exact) mass is 388 g/mol. The minimum atomic E-state index is -0.843. The van der Waals surface area contributed by atoms with Crippen LogP contribution in [0, 0.1) is 11.6 Å². The molecular weight excluding hydrogens is 366 g/mol. The van der Waals surface area contributed by atoms with Crippen LogP contribution in [0.25, 0.3) is 0 Å². The van der Waals surface area contributed by atoms with Crippen molar-refractivity contribution in [3.05, 3.63) is 65.2 Å². The molecule has 2 aromatic carbocycles. The number of hydrogen-bond acceptors (Lipinski definition) is 4. The van der Waals surface area contributed by atoms with Crippen molar-refractivity contribution in [3.63, 3.8) is 0 Å². The number of ether oxygens (including phenoxy) is 2. The lowest BCUT2D eigenvalue weighted by Crippen LogP contribution is -2.39. The van der Waals surface area contributed by atoms with Crippen LogP contribution in [0.2, 0.25) is 0 Å². The Labute approximate surface area is 162 Å². The lowest BCUT2D eigenvalue weighted by molar-refractivity contribution is 0.120. The smallest absolute Gasteiger partial charge is 0.410 e. The van der Waals surface area contributed by atoms with Crippen molar-refractivity contribution >= 4 is 6.09 Å². The van der Waals surface area contributed by atoms with Gasteiger partial charge in [-0.05, 0) is 30.2 Å². The van der Waals surface area contributed by atoms with Crippen molar-refractivity contribution in [1.29, 1.82) is 0 Å². The second-order valence-corrected chi connectivity index (χ2v) is 7.19. The first-order chi connectivity index (χ1) is 13.5. The van der Waals surface area contributed by atoms with Gasteiger partial charge in [-0.15, -0.1) is 0 Å². The van der Waals surface area contributed by atoms with E-state index in [1.165, 1.54) is 6.07 Å². The van der Waals surface area contributed by atoms with Crippen LogP contribution in [0.1, 0.15) is 11.1 Å². The predicted molar refractivity (Wildman–Crippen MR) is 99.1 cm³/mol. The quantitative estimate of drug-likeness (QED) is 0.762. The van der Waals surface area contributed by atoms with E-state index in [-0.39, 0.29) is 18.2 Å². The summed E-state index contributed by atoms with van der Waals surface area (Å²) in [5.41, 5.74) is 1.42. The number of nitrogens with zero attached hydrogens (tertiary/aromatic N) is 2. The molecule has 2 aliphatic heterocycles. The number of halogens is 2. The van der Waals surface area contributed by atoms with E-state index in [4.69, 9.17) is 9.47 Å². The van der Waals surface area contributed by atoms with Crippen molar-refractivity contribution in [3.8, 4) is 5.75 Å². The van der Waals surface area contributed by atoms with Crippen molar-refractivity contribution < 1.29 is 23.0 Å². The van der Waals surface area contributed by atoms with E-state index in [1.54, 1.807) is 18.1 Å². The first-order valence-corrected chi connectivity index (χ1v) is 9.30. The number of hydrogen-bond donors (Lipinski definition) is 0. The summed E-state index contributed by atoms with van der Waals surface area (Å²) < 4.78 is 38.0.